The highest BCUT2D eigenvalue weighted by Gasteiger charge is 2.32. The number of aliphatic carboxylic acids is 1. The number of carbonyl (C=O) groups is 6. The van der Waals surface area contributed by atoms with Gasteiger partial charge in [0.05, 0.1) is 18.9 Å². The molecule has 0 saturated carbocycles. The molecule has 0 aliphatic carbocycles. The Kier molecular flexibility index (Phi) is 12.0. The molecule has 4 atom stereocenters. The Morgan fingerprint density at radius 2 is 1.25 bits per heavy atom. The van der Waals surface area contributed by atoms with Crippen molar-refractivity contribution in [3.05, 3.63) is 35.9 Å². The SMILES string of the molecule is CC(C)CC(NC(=O)C(N)Cc1ccccc1)C(=O)NC(CC(N)=O)C(=O)NC(CC(N)=O)C(=O)O. The quantitative estimate of drug-likeness (QED) is 0.139. The Bertz CT molecular complexity index is 954. The summed E-state index contributed by atoms with van der Waals surface area (Å²) in [6, 6.07) is 3.74. The lowest BCUT2D eigenvalue weighted by Crippen LogP contribution is -2.58. The number of amides is 5. The van der Waals surface area contributed by atoms with Crippen LogP contribution >= 0.6 is 0 Å². The number of hydrogen-bond acceptors (Lipinski definition) is 7. The Morgan fingerprint density at radius 1 is 0.778 bits per heavy atom. The molecule has 10 N–H and O–H groups in total. The molecule has 0 aliphatic rings. The molecule has 13 heteroatoms. The maximum absolute atomic E-state index is 13.0. The van der Waals surface area contributed by atoms with Gasteiger partial charge in [-0.2, -0.15) is 0 Å². The number of carboxylic acid groups (broad SMARTS) is 1. The van der Waals surface area contributed by atoms with Crippen molar-refractivity contribution in [2.24, 2.45) is 23.1 Å². The van der Waals surface area contributed by atoms with Crippen LogP contribution in [0.2, 0.25) is 0 Å². The largest absolute Gasteiger partial charge is 0.480 e. The molecule has 0 bridgehead atoms. The second kappa shape index (κ2) is 14.4. The van der Waals surface area contributed by atoms with E-state index in [9.17, 15) is 33.9 Å². The maximum Gasteiger partial charge on any atom is 0.326 e. The number of primary amides is 2. The van der Waals surface area contributed by atoms with Crippen molar-refractivity contribution in [2.75, 3.05) is 0 Å². The zero-order chi connectivity index (χ0) is 27.4. The summed E-state index contributed by atoms with van der Waals surface area (Å²) in [5.74, 6) is -5.98. The van der Waals surface area contributed by atoms with E-state index in [1.807, 2.05) is 19.9 Å². The average Bonchev–Trinajstić information content (AvgIpc) is 2.77. The van der Waals surface area contributed by atoms with Gasteiger partial charge >= 0.3 is 5.97 Å². The lowest BCUT2D eigenvalue weighted by Gasteiger charge is -2.25. The molecular formula is C23H34N6O7. The van der Waals surface area contributed by atoms with E-state index in [0.717, 1.165) is 5.56 Å². The molecule has 0 fully saturated rings. The number of carboxylic acids is 1. The third kappa shape index (κ3) is 11.0. The van der Waals surface area contributed by atoms with Crippen LogP contribution in [0.5, 0.6) is 0 Å². The summed E-state index contributed by atoms with van der Waals surface area (Å²) < 4.78 is 0. The van der Waals surface area contributed by atoms with E-state index >= 15 is 0 Å². The lowest BCUT2D eigenvalue weighted by molar-refractivity contribution is -0.144. The first-order valence-electron chi connectivity index (χ1n) is 11.3. The summed E-state index contributed by atoms with van der Waals surface area (Å²) >= 11 is 0. The summed E-state index contributed by atoms with van der Waals surface area (Å²) in [5, 5.41) is 16.2. The van der Waals surface area contributed by atoms with Crippen molar-refractivity contribution < 1.29 is 33.9 Å². The Balaban J connectivity index is 2.98. The number of hydrogen-bond donors (Lipinski definition) is 7. The van der Waals surface area contributed by atoms with Crippen molar-refractivity contribution in [1.82, 2.24) is 16.0 Å². The first-order valence-corrected chi connectivity index (χ1v) is 11.3. The van der Waals surface area contributed by atoms with Crippen molar-refractivity contribution in [3.8, 4) is 0 Å². The fraction of sp³-hybridized carbons (Fsp3) is 0.478. The van der Waals surface area contributed by atoms with Crippen molar-refractivity contribution in [3.63, 3.8) is 0 Å². The second-order valence-corrected chi connectivity index (χ2v) is 8.79. The second-order valence-electron chi connectivity index (χ2n) is 8.79. The number of nitrogens with two attached hydrogens (primary N) is 3. The molecule has 0 heterocycles. The van der Waals surface area contributed by atoms with E-state index in [1.165, 1.54) is 0 Å². The van der Waals surface area contributed by atoms with Crippen molar-refractivity contribution in [2.45, 2.75) is 63.7 Å². The average molecular weight is 507 g/mol. The Hall–Kier alpha value is -4.00. The third-order valence-electron chi connectivity index (χ3n) is 5.03. The minimum absolute atomic E-state index is 0.0539. The van der Waals surface area contributed by atoms with Crippen LogP contribution in [-0.2, 0) is 35.2 Å². The van der Waals surface area contributed by atoms with Gasteiger partial charge in [0, 0.05) is 0 Å². The summed E-state index contributed by atoms with van der Waals surface area (Å²) in [4.78, 5) is 72.2. The smallest absolute Gasteiger partial charge is 0.326 e. The number of benzene rings is 1. The number of nitrogens with one attached hydrogen (secondary N) is 3. The van der Waals surface area contributed by atoms with E-state index < -0.39 is 72.5 Å². The van der Waals surface area contributed by atoms with E-state index in [1.54, 1.807) is 24.3 Å². The zero-order valence-corrected chi connectivity index (χ0v) is 20.2. The number of rotatable bonds is 15. The predicted molar refractivity (Wildman–Crippen MR) is 129 cm³/mol. The highest BCUT2D eigenvalue weighted by Crippen LogP contribution is 2.08. The fourth-order valence-corrected chi connectivity index (χ4v) is 3.30. The zero-order valence-electron chi connectivity index (χ0n) is 20.2. The minimum atomic E-state index is -1.68. The Morgan fingerprint density at radius 3 is 1.75 bits per heavy atom. The van der Waals surface area contributed by atoms with Gasteiger partial charge in [-0.05, 0) is 24.3 Å². The Labute approximate surface area is 208 Å². The summed E-state index contributed by atoms with van der Waals surface area (Å²) in [6.45, 7) is 3.62. The molecule has 0 aromatic heterocycles. The molecule has 0 saturated heterocycles. The van der Waals surface area contributed by atoms with E-state index in [2.05, 4.69) is 16.0 Å². The molecule has 0 radical (unpaired) electrons. The van der Waals surface area contributed by atoms with Crippen LogP contribution in [0.25, 0.3) is 0 Å². The van der Waals surface area contributed by atoms with Crippen LogP contribution in [-0.4, -0.2) is 64.8 Å². The number of carbonyl (C=O) groups excluding carboxylic acids is 5. The molecule has 1 aromatic rings. The van der Waals surface area contributed by atoms with Gasteiger partial charge in [-0.1, -0.05) is 44.2 Å². The topological polar surface area (TPSA) is 237 Å². The third-order valence-corrected chi connectivity index (χ3v) is 5.03. The van der Waals surface area contributed by atoms with Crippen LogP contribution in [0.1, 0.15) is 38.7 Å². The summed E-state index contributed by atoms with van der Waals surface area (Å²) in [7, 11) is 0. The van der Waals surface area contributed by atoms with Crippen molar-refractivity contribution in [1.29, 1.82) is 0 Å². The molecule has 0 aliphatic heterocycles. The van der Waals surface area contributed by atoms with E-state index in [0.29, 0.717) is 0 Å². The highest BCUT2D eigenvalue weighted by atomic mass is 16.4. The van der Waals surface area contributed by atoms with Gasteiger partial charge in [0.15, 0.2) is 0 Å². The normalized spacial score (nSPS) is 14.1. The first kappa shape index (κ1) is 30.0. The van der Waals surface area contributed by atoms with Gasteiger partial charge in [0.25, 0.3) is 0 Å². The minimum Gasteiger partial charge on any atom is -0.480 e. The lowest BCUT2D eigenvalue weighted by atomic mass is 10.0. The standard InChI is InChI=1S/C23H34N6O7/c1-12(2)8-15(27-20(32)14(24)9-13-6-4-3-5-7-13)21(33)28-16(10-18(25)30)22(34)29-17(23(35)36)11-19(26)31/h3-7,12,14-17H,8-11,24H2,1-2H3,(H2,25,30)(H2,26,31)(H,27,32)(H,28,33)(H,29,34)(H,35,36). The van der Waals surface area contributed by atoms with Crippen molar-refractivity contribution >= 4 is 35.5 Å². The molecule has 4 unspecified atom stereocenters. The van der Waals surface area contributed by atoms with Gasteiger partial charge in [-0.25, -0.2) is 4.79 Å². The van der Waals surface area contributed by atoms with E-state index in [-0.39, 0.29) is 18.8 Å². The van der Waals surface area contributed by atoms with E-state index in [4.69, 9.17) is 17.2 Å². The summed E-state index contributed by atoms with van der Waals surface area (Å²) in [6.07, 6.45) is -0.953. The molecule has 13 nitrogen and oxygen atoms in total. The van der Waals surface area contributed by atoms with Crippen LogP contribution < -0.4 is 33.2 Å². The van der Waals surface area contributed by atoms with Gasteiger partial charge in [-0.3, -0.25) is 24.0 Å². The van der Waals surface area contributed by atoms with Gasteiger partial charge in [0.1, 0.15) is 18.1 Å². The molecule has 5 amide bonds. The van der Waals surface area contributed by atoms with Crippen LogP contribution in [0, 0.1) is 5.92 Å². The van der Waals surface area contributed by atoms with Crippen LogP contribution in [0.4, 0.5) is 0 Å². The molecule has 198 valence electrons. The maximum atomic E-state index is 13.0. The van der Waals surface area contributed by atoms with Gasteiger partial charge in [0.2, 0.25) is 29.5 Å². The predicted octanol–water partition coefficient (Wildman–Crippen LogP) is -2.11. The molecule has 0 spiro atoms. The molecule has 1 aromatic carbocycles. The first-order chi connectivity index (χ1) is 16.8. The summed E-state index contributed by atoms with van der Waals surface area (Å²) in [5.41, 5.74) is 17.0. The van der Waals surface area contributed by atoms with Gasteiger partial charge < -0.3 is 38.3 Å². The van der Waals surface area contributed by atoms with Gasteiger partial charge in [-0.15, -0.1) is 0 Å². The van der Waals surface area contributed by atoms with Crippen LogP contribution in [0.3, 0.4) is 0 Å². The highest BCUT2D eigenvalue weighted by molar-refractivity contribution is 5.96. The van der Waals surface area contributed by atoms with Crippen LogP contribution in [0.15, 0.2) is 30.3 Å². The molecular weight excluding hydrogens is 472 g/mol. The molecule has 36 heavy (non-hydrogen) atoms. The molecule has 1 rings (SSSR count). The monoisotopic (exact) mass is 506 g/mol. The fourth-order valence-electron chi connectivity index (χ4n) is 3.30.